The molecule has 0 heterocycles. The monoisotopic (exact) mass is 889 g/mol. The molecule has 69 heavy (non-hydrogen) atoms. The zero-order chi connectivity index (χ0) is 45.0. The van der Waals surface area contributed by atoms with Gasteiger partial charge in [0.1, 0.15) is 0 Å². The molecule has 0 radical (unpaired) electrons. The highest BCUT2D eigenvalue weighted by Gasteiger charge is 2.63. The van der Waals surface area contributed by atoms with Crippen molar-refractivity contribution >= 4 is 17.1 Å². The van der Waals surface area contributed by atoms with Crippen molar-refractivity contribution < 1.29 is 0 Å². The van der Waals surface area contributed by atoms with Crippen LogP contribution in [0, 0.1) is 47.3 Å². The molecule has 8 bridgehead atoms. The quantitative estimate of drug-likeness (QED) is 0.161. The second-order valence-corrected chi connectivity index (χ2v) is 23.3. The molecule has 0 aromatic heterocycles. The van der Waals surface area contributed by atoms with E-state index in [9.17, 15) is 0 Å². The molecule has 0 N–H and O–H groups in total. The van der Waals surface area contributed by atoms with Gasteiger partial charge in [-0.05, 0) is 238 Å². The van der Waals surface area contributed by atoms with Crippen LogP contribution in [0.5, 0.6) is 0 Å². The summed E-state index contributed by atoms with van der Waals surface area (Å²) >= 11 is 0. The summed E-state index contributed by atoms with van der Waals surface area (Å²) in [6.45, 7) is 0. The summed E-state index contributed by atoms with van der Waals surface area (Å²) in [5.74, 6) is 6.88. The topological polar surface area (TPSA) is 3.24 Å². The van der Waals surface area contributed by atoms with Crippen LogP contribution in [0.4, 0.5) is 17.1 Å². The van der Waals surface area contributed by atoms with E-state index in [0.29, 0.717) is 0 Å². The Bertz CT molecular complexity index is 3280. The van der Waals surface area contributed by atoms with Gasteiger partial charge in [0.15, 0.2) is 0 Å². The smallest absolute Gasteiger partial charge is 0.0462 e. The van der Waals surface area contributed by atoms with E-state index >= 15 is 0 Å². The molecular formula is C68H59N. The first-order valence-corrected chi connectivity index (χ1v) is 26.7. The van der Waals surface area contributed by atoms with Gasteiger partial charge >= 0.3 is 0 Å². The van der Waals surface area contributed by atoms with Crippen molar-refractivity contribution in [3.63, 3.8) is 0 Å². The Labute approximate surface area is 408 Å². The van der Waals surface area contributed by atoms with Gasteiger partial charge in [0.2, 0.25) is 0 Å². The summed E-state index contributed by atoms with van der Waals surface area (Å²) in [7, 11) is 0. The minimum absolute atomic E-state index is 0.172. The summed E-state index contributed by atoms with van der Waals surface area (Å²) in [5.41, 5.74) is 24.0. The van der Waals surface area contributed by atoms with E-state index in [2.05, 4.69) is 193 Å². The summed E-state index contributed by atoms with van der Waals surface area (Å²) in [6, 6.07) is 72.8. The highest BCUT2D eigenvalue weighted by Crippen LogP contribution is 2.71. The average Bonchev–Trinajstić information content (AvgIpc) is 3.85. The Balaban J connectivity index is 0.758. The lowest BCUT2D eigenvalue weighted by molar-refractivity contribution is -0.0399. The molecule has 1 heteroatoms. The van der Waals surface area contributed by atoms with E-state index in [1.165, 1.54) is 126 Å². The Morgan fingerprint density at radius 2 is 0.609 bits per heavy atom. The lowest BCUT2D eigenvalue weighted by Crippen LogP contribution is -2.55. The molecule has 0 saturated heterocycles. The van der Waals surface area contributed by atoms with E-state index in [0.717, 1.165) is 58.7 Å². The standard InChI is InChI=1S/C68H59N/c1-2-8-46(9-3-1)47-14-22-56(23-15-47)69(57-24-16-48(17-25-57)50-21-29-65-62(40-50)60-11-5-7-13-64(60)67(65)52-32-42-30-43(34-52)35-53(67)33-42)58-26-18-49(19-27-58)51-20-28-61-59-10-4-6-12-63(59)68(66(61)41-51)54-36-44-31-45(38-54)39-55(68)37-44/h1-29,40-45,52-55H,30-39H2/t42-,43?,44-,45?,52-,53+,54-,55-,67+,68-/m1/s1. The highest BCUT2D eigenvalue weighted by atomic mass is 15.1. The molecule has 10 aliphatic rings. The maximum atomic E-state index is 2.63. The number of hydrogen-bond donors (Lipinski definition) is 0. The zero-order valence-corrected chi connectivity index (χ0v) is 39.5. The largest absolute Gasteiger partial charge is 0.311 e. The van der Waals surface area contributed by atoms with Gasteiger partial charge in [-0.2, -0.15) is 0 Å². The van der Waals surface area contributed by atoms with Crippen molar-refractivity contribution in [2.24, 2.45) is 47.3 Å². The second-order valence-electron chi connectivity index (χ2n) is 23.3. The third-order valence-electron chi connectivity index (χ3n) is 20.3. The summed E-state index contributed by atoms with van der Waals surface area (Å²) < 4.78 is 0. The van der Waals surface area contributed by atoms with Crippen LogP contribution in [0.1, 0.15) is 86.5 Å². The number of anilines is 3. The molecule has 18 rings (SSSR count). The van der Waals surface area contributed by atoms with Crippen LogP contribution in [-0.4, -0.2) is 0 Å². The van der Waals surface area contributed by atoms with Gasteiger partial charge in [0, 0.05) is 27.9 Å². The first-order chi connectivity index (χ1) is 34.1. The van der Waals surface area contributed by atoms with Crippen molar-refractivity contribution in [1.82, 2.24) is 0 Å². The predicted molar refractivity (Wildman–Crippen MR) is 284 cm³/mol. The summed E-state index contributed by atoms with van der Waals surface area (Å²) in [5, 5.41) is 0. The fourth-order valence-electron chi connectivity index (χ4n) is 18.2. The van der Waals surface area contributed by atoms with Crippen LogP contribution in [-0.2, 0) is 10.8 Å². The molecule has 0 unspecified atom stereocenters. The van der Waals surface area contributed by atoms with Gasteiger partial charge in [-0.25, -0.2) is 0 Å². The Hall–Kier alpha value is -6.44. The molecule has 8 aromatic carbocycles. The van der Waals surface area contributed by atoms with Crippen molar-refractivity contribution in [3.05, 3.63) is 210 Å². The molecule has 1 nitrogen and oxygen atoms in total. The van der Waals surface area contributed by atoms with Crippen molar-refractivity contribution in [2.75, 3.05) is 4.90 Å². The van der Waals surface area contributed by atoms with Gasteiger partial charge < -0.3 is 4.90 Å². The van der Waals surface area contributed by atoms with Crippen LogP contribution in [0.25, 0.3) is 55.6 Å². The van der Waals surface area contributed by atoms with E-state index in [1.807, 2.05) is 0 Å². The second kappa shape index (κ2) is 14.6. The first-order valence-electron chi connectivity index (χ1n) is 26.7. The maximum Gasteiger partial charge on any atom is 0.0462 e. The van der Waals surface area contributed by atoms with Gasteiger partial charge in [0.05, 0.1) is 0 Å². The minimum atomic E-state index is 0.172. The lowest BCUT2D eigenvalue weighted by atomic mass is 9.43. The Kier molecular flexibility index (Phi) is 8.31. The molecule has 0 atom stereocenters. The first kappa shape index (κ1) is 39.4. The van der Waals surface area contributed by atoms with Crippen LogP contribution in [0.2, 0.25) is 0 Å². The molecule has 0 aliphatic heterocycles. The van der Waals surface area contributed by atoms with E-state index in [4.69, 9.17) is 0 Å². The van der Waals surface area contributed by atoms with Crippen molar-refractivity contribution in [3.8, 4) is 55.6 Å². The van der Waals surface area contributed by atoms with Crippen LogP contribution in [0.15, 0.2) is 188 Å². The van der Waals surface area contributed by atoms with Crippen molar-refractivity contribution in [1.29, 1.82) is 0 Å². The predicted octanol–water partition coefficient (Wildman–Crippen LogP) is 17.6. The van der Waals surface area contributed by atoms with Crippen LogP contribution >= 0.6 is 0 Å². The summed E-state index contributed by atoms with van der Waals surface area (Å²) in [4.78, 5) is 2.44. The Morgan fingerprint density at radius 1 is 0.261 bits per heavy atom. The number of benzene rings is 8. The maximum absolute atomic E-state index is 2.63. The van der Waals surface area contributed by atoms with Gasteiger partial charge in [-0.1, -0.05) is 140 Å². The molecule has 8 fully saturated rings. The fraction of sp³-hybridized carbons (Fsp3) is 0.294. The zero-order valence-electron chi connectivity index (χ0n) is 39.5. The molecule has 10 aliphatic carbocycles. The van der Waals surface area contributed by atoms with Crippen LogP contribution in [0.3, 0.4) is 0 Å². The SMILES string of the molecule is c1ccc(-c2ccc(N(c3ccc(-c4ccc5c(c4)-c4ccccc4[C@]54[C@@H]5CC6C[C@@H](C5)C[C@@H]4C6)cc3)c3ccc(-c4ccc5c(c4)[C@]4(c6ccccc6-5)[C@H]5CC6C[C@H](C5)C[C@@H]4C6)cc3)cc2)cc1. The van der Waals surface area contributed by atoms with E-state index < -0.39 is 0 Å². The van der Waals surface area contributed by atoms with Gasteiger partial charge in [0.25, 0.3) is 0 Å². The molecule has 2 spiro atoms. The van der Waals surface area contributed by atoms with E-state index in [-0.39, 0.29) is 10.8 Å². The average molecular weight is 890 g/mol. The number of hydrogen-bond acceptors (Lipinski definition) is 1. The van der Waals surface area contributed by atoms with Gasteiger partial charge in [-0.3, -0.25) is 0 Å². The molecule has 0 amide bonds. The Morgan fingerprint density at radius 3 is 1.12 bits per heavy atom. The number of rotatable bonds is 6. The van der Waals surface area contributed by atoms with Gasteiger partial charge in [-0.15, -0.1) is 0 Å². The third kappa shape index (κ3) is 5.48. The van der Waals surface area contributed by atoms with E-state index in [1.54, 1.807) is 22.3 Å². The molecule has 8 aromatic rings. The molecule has 8 saturated carbocycles. The van der Waals surface area contributed by atoms with Crippen molar-refractivity contribution in [2.45, 2.75) is 75.0 Å². The van der Waals surface area contributed by atoms with Crippen LogP contribution < -0.4 is 4.90 Å². The lowest BCUT2D eigenvalue weighted by Gasteiger charge is -2.61. The summed E-state index contributed by atoms with van der Waals surface area (Å²) in [6.07, 6.45) is 14.3. The normalized spacial score (nSPS) is 29.9. The fourth-order valence-corrected chi connectivity index (χ4v) is 18.2. The molecule has 336 valence electrons. The molecular weight excluding hydrogens is 831 g/mol. The minimum Gasteiger partial charge on any atom is -0.311 e. The third-order valence-corrected chi connectivity index (χ3v) is 20.3. The number of nitrogens with zero attached hydrogens (tertiary/aromatic N) is 1. The number of fused-ring (bicyclic) bond motifs is 6. The highest BCUT2D eigenvalue weighted by molar-refractivity contribution is 5.88.